The lowest BCUT2D eigenvalue weighted by Gasteiger charge is -2.07. The van der Waals surface area contributed by atoms with Crippen molar-refractivity contribution < 1.29 is 8.42 Å². The zero-order valence-corrected chi connectivity index (χ0v) is 13.8. The fourth-order valence-electron chi connectivity index (χ4n) is 2.04. The van der Waals surface area contributed by atoms with E-state index in [2.05, 4.69) is 25.9 Å². The third kappa shape index (κ3) is 2.36. The molecule has 0 bridgehead atoms. The summed E-state index contributed by atoms with van der Waals surface area (Å²) in [6.45, 7) is 3.64. The molecule has 0 N–H and O–H groups in total. The Kier molecular flexibility index (Phi) is 3.33. The van der Waals surface area contributed by atoms with Gasteiger partial charge >= 0.3 is 0 Å². The Balaban J connectivity index is 2.28. The zero-order chi connectivity index (χ0) is 15.2. The maximum absolute atomic E-state index is 12.8. The number of fused-ring (bicyclic) bond motifs is 1. The van der Waals surface area contributed by atoms with Crippen molar-refractivity contribution in [2.45, 2.75) is 18.7 Å². The second-order valence-electron chi connectivity index (χ2n) is 4.75. The Hall–Kier alpha value is -1.73. The largest absolute Gasteiger partial charge is 0.269 e. The molecule has 21 heavy (non-hydrogen) atoms. The van der Waals surface area contributed by atoms with Crippen LogP contribution in [0.1, 0.15) is 11.4 Å². The molecule has 1 aromatic carbocycles. The summed E-state index contributed by atoms with van der Waals surface area (Å²) in [6.07, 6.45) is 3.12. The number of rotatable bonds is 2. The van der Waals surface area contributed by atoms with E-state index in [-0.39, 0.29) is 4.90 Å². The summed E-state index contributed by atoms with van der Waals surface area (Å²) >= 11 is 3.35. The number of nitrogens with zero attached hydrogens (tertiary/aromatic N) is 3. The van der Waals surface area contributed by atoms with Gasteiger partial charge in [-0.25, -0.2) is 22.4 Å². The zero-order valence-electron chi connectivity index (χ0n) is 11.4. The van der Waals surface area contributed by atoms with Crippen molar-refractivity contribution in [3.63, 3.8) is 0 Å². The summed E-state index contributed by atoms with van der Waals surface area (Å²) in [6, 6.07) is 6.73. The predicted molar refractivity (Wildman–Crippen MR) is 83.7 cm³/mol. The molecule has 0 aliphatic heterocycles. The van der Waals surface area contributed by atoms with E-state index >= 15 is 0 Å². The molecular formula is C14H12BrN3O2S. The quantitative estimate of drug-likeness (QED) is 0.699. The Morgan fingerprint density at radius 3 is 2.48 bits per heavy atom. The van der Waals surface area contributed by atoms with E-state index in [9.17, 15) is 8.42 Å². The molecule has 0 atom stereocenters. The minimum Gasteiger partial charge on any atom is -0.241 e. The SMILES string of the molecule is Cc1ccc(S(=O)(=O)n2cc(Br)c3cnc(C)nc32)cc1. The van der Waals surface area contributed by atoms with Crippen LogP contribution in [0.15, 0.2) is 46.0 Å². The fourth-order valence-corrected chi connectivity index (χ4v) is 3.97. The van der Waals surface area contributed by atoms with Crippen LogP contribution in [0.25, 0.3) is 11.0 Å². The van der Waals surface area contributed by atoms with Crippen molar-refractivity contribution in [1.29, 1.82) is 0 Å². The van der Waals surface area contributed by atoms with Gasteiger partial charge in [0.25, 0.3) is 10.0 Å². The van der Waals surface area contributed by atoms with Gasteiger partial charge in [0.15, 0.2) is 5.65 Å². The molecule has 0 spiro atoms. The molecule has 0 radical (unpaired) electrons. The minimum absolute atomic E-state index is 0.230. The molecule has 7 heteroatoms. The van der Waals surface area contributed by atoms with Crippen molar-refractivity contribution in [2.75, 3.05) is 0 Å². The Labute approximate surface area is 130 Å². The Morgan fingerprint density at radius 1 is 1.14 bits per heavy atom. The monoisotopic (exact) mass is 365 g/mol. The van der Waals surface area contributed by atoms with Crippen LogP contribution >= 0.6 is 15.9 Å². The number of hydrogen-bond acceptors (Lipinski definition) is 4. The second kappa shape index (κ2) is 4.92. The maximum Gasteiger partial charge on any atom is 0.269 e. The molecule has 3 rings (SSSR count). The number of hydrogen-bond donors (Lipinski definition) is 0. The molecule has 0 aliphatic carbocycles. The van der Waals surface area contributed by atoms with Crippen LogP contribution in [0.4, 0.5) is 0 Å². The molecule has 2 heterocycles. The normalized spacial score (nSPS) is 12.0. The molecule has 0 amide bonds. The van der Waals surface area contributed by atoms with Crippen molar-refractivity contribution in [3.8, 4) is 0 Å². The smallest absolute Gasteiger partial charge is 0.241 e. The van der Waals surface area contributed by atoms with E-state index in [4.69, 9.17) is 0 Å². The first-order chi connectivity index (χ1) is 9.89. The Morgan fingerprint density at radius 2 is 1.81 bits per heavy atom. The third-order valence-electron chi connectivity index (χ3n) is 3.16. The van der Waals surface area contributed by atoms with Crippen LogP contribution in [0.2, 0.25) is 0 Å². The molecular weight excluding hydrogens is 354 g/mol. The summed E-state index contributed by atoms with van der Waals surface area (Å²) in [4.78, 5) is 8.58. The van der Waals surface area contributed by atoms with Crippen LogP contribution in [0, 0.1) is 13.8 Å². The lowest BCUT2D eigenvalue weighted by molar-refractivity contribution is 0.588. The highest BCUT2D eigenvalue weighted by Gasteiger charge is 2.21. The van der Waals surface area contributed by atoms with Crippen LogP contribution in [0.3, 0.4) is 0 Å². The lowest BCUT2D eigenvalue weighted by Crippen LogP contribution is -2.12. The van der Waals surface area contributed by atoms with Crippen LogP contribution in [0.5, 0.6) is 0 Å². The molecule has 5 nitrogen and oxygen atoms in total. The topological polar surface area (TPSA) is 64.8 Å². The van der Waals surface area contributed by atoms with Gasteiger partial charge in [-0.15, -0.1) is 0 Å². The number of aromatic nitrogens is 3. The summed E-state index contributed by atoms with van der Waals surface area (Å²) in [7, 11) is -3.68. The van der Waals surface area contributed by atoms with Crippen LogP contribution in [-0.4, -0.2) is 22.4 Å². The molecule has 3 aromatic rings. The number of benzene rings is 1. The fraction of sp³-hybridized carbons (Fsp3) is 0.143. The lowest BCUT2D eigenvalue weighted by atomic mass is 10.2. The predicted octanol–water partition coefficient (Wildman–Crippen LogP) is 3.05. The van der Waals surface area contributed by atoms with Crippen molar-refractivity contribution in [2.24, 2.45) is 0 Å². The summed E-state index contributed by atoms with van der Waals surface area (Å²) < 4.78 is 27.4. The van der Waals surface area contributed by atoms with Crippen molar-refractivity contribution in [3.05, 3.63) is 52.5 Å². The van der Waals surface area contributed by atoms with Gasteiger partial charge in [0.1, 0.15) is 5.82 Å². The van der Waals surface area contributed by atoms with Gasteiger partial charge in [-0.2, -0.15) is 0 Å². The molecule has 0 unspecified atom stereocenters. The average Bonchev–Trinajstić information content (AvgIpc) is 2.76. The highest BCUT2D eigenvalue weighted by Crippen LogP contribution is 2.28. The third-order valence-corrected chi connectivity index (χ3v) is 5.46. The van der Waals surface area contributed by atoms with E-state index in [1.807, 2.05) is 6.92 Å². The summed E-state index contributed by atoms with van der Waals surface area (Å²) in [5.41, 5.74) is 1.38. The van der Waals surface area contributed by atoms with Gasteiger partial charge in [0.2, 0.25) is 0 Å². The number of halogens is 1. The van der Waals surface area contributed by atoms with Crippen LogP contribution < -0.4 is 0 Å². The van der Waals surface area contributed by atoms with Gasteiger partial charge in [-0.3, -0.25) is 0 Å². The van der Waals surface area contributed by atoms with E-state index in [0.29, 0.717) is 21.3 Å². The van der Waals surface area contributed by atoms with Gasteiger partial charge in [0, 0.05) is 16.9 Å². The first-order valence-corrected chi connectivity index (χ1v) is 8.45. The van der Waals surface area contributed by atoms with Gasteiger partial charge in [-0.1, -0.05) is 17.7 Å². The van der Waals surface area contributed by atoms with E-state index in [0.717, 1.165) is 5.56 Å². The van der Waals surface area contributed by atoms with E-state index in [1.165, 1.54) is 10.2 Å². The molecule has 0 aliphatic rings. The first kappa shape index (κ1) is 14.2. The maximum atomic E-state index is 12.8. The first-order valence-electron chi connectivity index (χ1n) is 6.22. The van der Waals surface area contributed by atoms with E-state index in [1.54, 1.807) is 37.4 Å². The summed E-state index contributed by atoms with van der Waals surface area (Å²) in [5.74, 6) is 0.522. The second-order valence-corrected chi connectivity index (χ2v) is 7.41. The average molecular weight is 366 g/mol. The van der Waals surface area contributed by atoms with Crippen molar-refractivity contribution in [1.82, 2.24) is 13.9 Å². The molecule has 0 fully saturated rings. The molecule has 0 saturated heterocycles. The van der Waals surface area contributed by atoms with Gasteiger partial charge < -0.3 is 0 Å². The minimum atomic E-state index is -3.68. The summed E-state index contributed by atoms with van der Waals surface area (Å²) in [5, 5.41) is 0.663. The van der Waals surface area contributed by atoms with Crippen molar-refractivity contribution >= 4 is 37.0 Å². The molecule has 108 valence electrons. The molecule has 2 aromatic heterocycles. The highest BCUT2D eigenvalue weighted by atomic mass is 79.9. The Bertz CT molecular complexity index is 931. The number of aryl methyl sites for hydroxylation is 2. The highest BCUT2D eigenvalue weighted by molar-refractivity contribution is 9.10. The molecule has 0 saturated carbocycles. The van der Waals surface area contributed by atoms with E-state index < -0.39 is 10.0 Å². The van der Waals surface area contributed by atoms with Gasteiger partial charge in [-0.05, 0) is 41.9 Å². The van der Waals surface area contributed by atoms with Crippen LogP contribution in [-0.2, 0) is 10.0 Å². The van der Waals surface area contributed by atoms with Gasteiger partial charge in [0.05, 0.1) is 10.3 Å². The standard InChI is InChI=1S/C14H12BrN3O2S/c1-9-3-5-11(6-4-9)21(19,20)18-8-13(15)12-7-16-10(2)17-14(12)18/h3-8H,1-2H3.